The first-order valence-corrected chi connectivity index (χ1v) is 7.53. The first-order valence-electron chi connectivity index (χ1n) is 7.53. The van der Waals surface area contributed by atoms with E-state index in [9.17, 15) is 4.39 Å². The van der Waals surface area contributed by atoms with Gasteiger partial charge >= 0.3 is 0 Å². The van der Waals surface area contributed by atoms with E-state index >= 15 is 0 Å². The molecule has 2 fully saturated rings. The third kappa shape index (κ3) is 2.49. The van der Waals surface area contributed by atoms with E-state index in [0.29, 0.717) is 30.1 Å². The summed E-state index contributed by atoms with van der Waals surface area (Å²) in [5.41, 5.74) is 0.483. The highest BCUT2D eigenvalue weighted by Crippen LogP contribution is 2.52. The topological polar surface area (TPSA) is 21.8 Å². The molecule has 1 saturated carbocycles. The van der Waals surface area contributed by atoms with Crippen molar-refractivity contribution in [2.24, 2.45) is 11.8 Å². The van der Waals surface area contributed by atoms with Gasteiger partial charge in [-0.05, 0) is 37.7 Å². The van der Waals surface area contributed by atoms with Crippen molar-refractivity contribution in [2.45, 2.75) is 58.0 Å². The molecular formula is C17H23FO2. The molecular weight excluding hydrogens is 255 g/mol. The van der Waals surface area contributed by atoms with E-state index < -0.39 is 0 Å². The van der Waals surface area contributed by atoms with E-state index in [0.717, 1.165) is 12.8 Å². The van der Waals surface area contributed by atoms with Crippen LogP contribution in [-0.2, 0) is 16.1 Å². The zero-order valence-electron chi connectivity index (χ0n) is 12.4. The third-order valence-corrected chi connectivity index (χ3v) is 4.99. The molecule has 0 radical (unpaired) electrons. The Kier molecular flexibility index (Phi) is 3.59. The van der Waals surface area contributed by atoms with Crippen molar-refractivity contribution in [3.05, 3.63) is 35.6 Å². The first kappa shape index (κ1) is 14.0. The molecule has 2 nitrogen and oxygen atoms in total. The van der Waals surface area contributed by atoms with Crippen molar-refractivity contribution in [1.82, 2.24) is 0 Å². The van der Waals surface area contributed by atoms with E-state index in [2.05, 4.69) is 20.8 Å². The smallest absolute Gasteiger partial charge is 0.128 e. The second kappa shape index (κ2) is 5.12. The Hall–Kier alpha value is -0.930. The fraction of sp³-hybridized carbons (Fsp3) is 0.647. The van der Waals surface area contributed by atoms with Crippen LogP contribution in [0, 0.1) is 17.7 Å². The molecule has 0 N–H and O–H groups in total. The molecule has 110 valence electrons. The molecule has 0 spiro atoms. The van der Waals surface area contributed by atoms with Crippen molar-refractivity contribution >= 4 is 0 Å². The van der Waals surface area contributed by atoms with Gasteiger partial charge in [-0.3, -0.25) is 0 Å². The Balaban J connectivity index is 1.65. The minimum atomic E-state index is -0.192. The van der Waals surface area contributed by atoms with Crippen LogP contribution in [0.5, 0.6) is 0 Å². The Labute approximate surface area is 120 Å². The standard InChI is InChI=1S/C17H23FO2/c1-11(2)13-8-15(17(3)16(9-13)20-17)19-10-12-6-4-5-7-14(12)18/h4-7,11,13,15-16H,8-10H2,1-3H3. The number of fused-ring (bicyclic) bond motifs is 1. The van der Waals surface area contributed by atoms with Gasteiger partial charge in [0.15, 0.2) is 0 Å². The van der Waals surface area contributed by atoms with Crippen molar-refractivity contribution in [2.75, 3.05) is 0 Å². The molecule has 20 heavy (non-hydrogen) atoms. The lowest BCUT2D eigenvalue weighted by atomic mass is 9.76. The van der Waals surface area contributed by atoms with Gasteiger partial charge in [-0.15, -0.1) is 0 Å². The predicted molar refractivity (Wildman–Crippen MR) is 75.8 cm³/mol. The van der Waals surface area contributed by atoms with Gasteiger partial charge in [0, 0.05) is 5.56 Å². The fourth-order valence-electron chi connectivity index (χ4n) is 3.30. The SMILES string of the molecule is CC(C)C1CC(OCc2ccccc2F)C2(C)OC2C1. The van der Waals surface area contributed by atoms with Crippen LogP contribution in [0.2, 0.25) is 0 Å². The maximum atomic E-state index is 13.6. The minimum absolute atomic E-state index is 0.0771. The zero-order chi connectivity index (χ0) is 14.3. The third-order valence-electron chi connectivity index (χ3n) is 4.99. The molecule has 3 heteroatoms. The maximum absolute atomic E-state index is 13.6. The highest BCUT2D eigenvalue weighted by Gasteiger charge is 2.62. The molecule has 4 atom stereocenters. The van der Waals surface area contributed by atoms with Crippen LogP contribution in [0.1, 0.15) is 39.2 Å². The van der Waals surface area contributed by atoms with Crippen LogP contribution in [0.15, 0.2) is 24.3 Å². The zero-order valence-corrected chi connectivity index (χ0v) is 12.4. The van der Waals surface area contributed by atoms with Crippen molar-refractivity contribution in [1.29, 1.82) is 0 Å². The summed E-state index contributed by atoms with van der Waals surface area (Å²) in [4.78, 5) is 0. The summed E-state index contributed by atoms with van der Waals surface area (Å²) in [6.45, 7) is 6.96. The molecule has 1 aromatic rings. The maximum Gasteiger partial charge on any atom is 0.128 e. The normalized spacial score (nSPS) is 36.0. The average molecular weight is 278 g/mol. The molecule has 4 unspecified atom stereocenters. The Bertz CT molecular complexity index is 488. The van der Waals surface area contributed by atoms with Gasteiger partial charge in [0.25, 0.3) is 0 Å². The number of halogens is 1. The number of benzene rings is 1. The quantitative estimate of drug-likeness (QED) is 0.778. The summed E-state index contributed by atoms with van der Waals surface area (Å²) in [5.74, 6) is 1.09. The number of hydrogen-bond acceptors (Lipinski definition) is 2. The van der Waals surface area contributed by atoms with Crippen LogP contribution in [0.3, 0.4) is 0 Å². The van der Waals surface area contributed by atoms with E-state index in [1.807, 2.05) is 6.07 Å². The van der Waals surface area contributed by atoms with Crippen LogP contribution in [-0.4, -0.2) is 17.8 Å². The van der Waals surface area contributed by atoms with Crippen LogP contribution >= 0.6 is 0 Å². The molecule has 1 aliphatic heterocycles. The van der Waals surface area contributed by atoms with Crippen molar-refractivity contribution < 1.29 is 13.9 Å². The monoisotopic (exact) mass is 278 g/mol. The number of rotatable bonds is 4. The molecule has 3 rings (SSSR count). The average Bonchev–Trinajstić information content (AvgIpc) is 3.08. The molecule has 0 amide bonds. The van der Waals surface area contributed by atoms with Gasteiger partial charge in [0.05, 0.1) is 18.8 Å². The molecule has 1 saturated heterocycles. The Morgan fingerprint density at radius 1 is 1.35 bits per heavy atom. The van der Waals surface area contributed by atoms with Gasteiger partial charge < -0.3 is 9.47 Å². The fourth-order valence-corrected chi connectivity index (χ4v) is 3.30. The van der Waals surface area contributed by atoms with Gasteiger partial charge in [0.1, 0.15) is 11.4 Å². The lowest BCUT2D eigenvalue weighted by Crippen LogP contribution is -2.39. The highest BCUT2D eigenvalue weighted by atomic mass is 19.1. The summed E-state index contributed by atoms with van der Waals surface area (Å²) in [6, 6.07) is 6.81. The predicted octanol–water partition coefficient (Wildman–Crippen LogP) is 3.93. The van der Waals surface area contributed by atoms with Gasteiger partial charge in [-0.1, -0.05) is 32.0 Å². The van der Waals surface area contributed by atoms with E-state index in [4.69, 9.17) is 9.47 Å². The molecule has 1 heterocycles. The van der Waals surface area contributed by atoms with Crippen molar-refractivity contribution in [3.8, 4) is 0 Å². The molecule has 0 aromatic heterocycles. The van der Waals surface area contributed by atoms with E-state index in [1.54, 1.807) is 12.1 Å². The second-order valence-corrected chi connectivity index (χ2v) is 6.66. The summed E-state index contributed by atoms with van der Waals surface area (Å²) in [7, 11) is 0. The summed E-state index contributed by atoms with van der Waals surface area (Å²) in [5, 5.41) is 0. The van der Waals surface area contributed by atoms with Crippen LogP contribution < -0.4 is 0 Å². The summed E-state index contributed by atoms with van der Waals surface area (Å²) >= 11 is 0. The summed E-state index contributed by atoms with van der Waals surface area (Å²) < 4.78 is 25.5. The Morgan fingerprint density at radius 3 is 2.80 bits per heavy atom. The van der Waals surface area contributed by atoms with Gasteiger partial charge in [0.2, 0.25) is 0 Å². The van der Waals surface area contributed by atoms with Gasteiger partial charge in [-0.25, -0.2) is 4.39 Å². The molecule has 2 aliphatic rings. The second-order valence-electron chi connectivity index (χ2n) is 6.66. The Morgan fingerprint density at radius 2 is 2.10 bits per heavy atom. The largest absolute Gasteiger partial charge is 0.370 e. The van der Waals surface area contributed by atoms with Crippen LogP contribution in [0.25, 0.3) is 0 Å². The molecule has 1 aliphatic carbocycles. The lowest BCUT2D eigenvalue weighted by molar-refractivity contribution is -0.0318. The van der Waals surface area contributed by atoms with Crippen molar-refractivity contribution in [3.63, 3.8) is 0 Å². The lowest BCUT2D eigenvalue weighted by Gasteiger charge is -2.33. The minimum Gasteiger partial charge on any atom is -0.370 e. The molecule has 0 bridgehead atoms. The molecule has 1 aromatic carbocycles. The number of ether oxygens (including phenoxy) is 2. The number of epoxide rings is 1. The van der Waals surface area contributed by atoms with Gasteiger partial charge in [-0.2, -0.15) is 0 Å². The van der Waals surface area contributed by atoms with E-state index in [1.165, 1.54) is 6.07 Å². The summed E-state index contributed by atoms with van der Waals surface area (Å²) in [6.07, 6.45) is 2.55. The first-order chi connectivity index (χ1) is 9.50. The van der Waals surface area contributed by atoms with Crippen LogP contribution in [0.4, 0.5) is 4.39 Å². The highest BCUT2D eigenvalue weighted by molar-refractivity contribution is 5.17. The van der Waals surface area contributed by atoms with E-state index in [-0.39, 0.29) is 17.5 Å². The number of hydrogen-bond donors (Lipinski definition) is 0.